The molecule has 0 saturated heterocycles. The Kier molecular flexibility index (Phi) is 31.3. The Labute approximate surface area is 426 Å². The molecule has 10 N–H and O–H groups in total. The number of rotatable bonds is 22. The normalized spacial score (nSPS) is 23.4. The van der Waals surface area contributed by atoms with E-state index in [4.69, 9.17) is 0 Å². The van der Waals surface area contributed by atoms with Gasteiger partial charge >= 0.3 is 12.0 Å². The van der Waals surface area contributed by atoms with Gasteiger partial charge in [-0.3, -0.25) is 33.6 Å². The second-order valence-corrected chi connectivity index (χ2v) is 19.5. The number of allylic oxidation sites excluding steroid dienone is 3. The largest absolute Gasteiger partial charge is 0.480 e. The molecule has 0 fully saturated rings. The van der Waals surface area contributed by atoms with E-state index in [1.165, 1.54) is 56.9 Å². The number of nitrogens with one attached hydrogen (secondary N) is 7. The third kappa shape index (κ3) is 27.0. The van der Waals surface area contributed by atoms with Crippen LogP contribution in [0.15, 0.2) is 60.8 Å². The summed E-state index contributed by atoms with van der Waals surface area (Å²) in [5.74, 6) is -6.11. The highest BCUT2D eigenvalue weighted by Crippen LogP contribution is 2.19. The second kappa shape index (κ2) is 35.2. The van der Waals surface area contributed by atoms with Crippen LogP contribution in [0.4, 0.5) is 4.79 Å². The van der Waals surface area contributed by atoms with Gasteiger partial charge in [0, 0.05) is 62.2 Å². The molecule has 0 unspecified atom stereocenters. The summed E-state index contributed by atoms with van der Waals surface area (Å²) in [5, 5.41) is 48.4. The summed E-state index contributed by atoms with van der Waals surface area (Å²) in [7, 11) is 0. The zero-order valence-electron chi connectivity index (χ0n) is 43.9. The van der Waals surface area contributed by atoms with E-state index in [1.54, 1.807) is 65.0 Å². The van der Waals surface area contributed by atoms with Crippen LogP contribution in [0.2, 0.25) is 0 Å². The number of aliphatic hydroxyl groups is 2. The van der Waals surface area contributed by atoms with Crippen molar-refractivity contribution in [2.45, 2.75) is 175 Å². The van der Waals surface area contributed by atoms with Crippen molar-refractivity contribution in [1.29, 1.82) is 0 Å². The maximum atomic E-state index is 13.2. The molecule has 2 heterocycles. The van der Waals surface area contributed by atoms with E-state index in [2.05, 4.69) is 44.1 Å². The molecule has 0 radical (unpaired) electrons. The molecule has 0 aromatic rings. The topological polar surface area (TPSA) is 299 Å². The molecule has 0 bridgehead atoms. The van der Waals surface area contributed by atoms with Crippen LogP contribution >= 0.6 is 0 Å². The summed E-state index contributed by atoms with van der Waals surface area (Å²) in [4.78, 5) is 112. The van der Waals surface area contributed by atoms with Crippen LogP contribution in [-0.4, -0.2) is 124 Å². The van der Waals surface area contributed by atoms with Crippen LogP contribution in [-0.2, 0) is 38.4 Å². The van der Waals surface area contributed by atoms with Crippen molar-refractivity contribution in [3.05, 3.63) is 60.8 Å². The molecule has 2 aliphatic rings. The van der Waals surface area contributed by atoms with Crippen molar-refractivity contribution in [3.8, 4) is 0 Å². The highest BCUT2D eigenvalue weighted by atomic mass is 16.4. The minimum Gasteiger partial charge on any atom is -0.480 e. The molecule has 0 aromatic carbocycles. The lowest BCUT2D eigenvalue weighted by molar-refractivity contribution is -0.140. The molecule has 72 heavy (non-hydrogen) atoms. The molecule has 0 saturated carbocycles. The van der Waals surface area contributed by atoms with Crippen molar-refractivity contribution in [1.82, 2.24) is 37.2 Å². The number of carboxylic acids is 1. The van der Waals surface area contributed by atoms with E-state index in [9.17, 15) is 58.5 Å². The smallest absolute Gasteiger partial charge is 0.326 e. The molecule has 2 aliphatic heterocycles. The number of aliphatic hydroxyl groups excluding tert-OH is 2. The van der Waals surface area contributed by atoms with Crippen molar-refractivity contribution >= 4 is 53.1 Å². The number of hydrogen-bond acceptors (Lipinski definition) is 11. The molecule has 19 heteroatoms. The molecule has 404 valence electrons. The Hall–Kier alpha value is -5.95. The standard InChI is InChI=1S/C28H45N3O6.C25H40N4O6/c1-4-5-6-7-8-9-10-11-12-13-26(36)31-27(21(3)32)24(34)19-22-18-23(33)16-17-29-25(35)15-14-20(2)30-28(22)37;1-14(2)18-10-11-20(31)26-12-8-7-9-17(23(32)27-18)13-19(30)21(15(3)4)28-25(35)29-22(16(5)6)24(33)34/h10-15,20-23,27,32-33H,4-9,16-19H2,1-3H3,(H,29,35)(H,30,37)(H,31,36);7,9-11,14-18,21-22H,8,12-13H2,1-6H3,(H,26,31)(H,27,32)(H,33,34)(H2,28,29,35)/b11-10+,13-12+,15-14+;9-7+,11-10+/t20-,21+,22+,23-,27-;17-,18-,21+,22+/m01/s1. The van der Waals surface area contributed by atoms with Crippen LogP contribution in [0.3, 0.4) is 0 Å². The molecular weight excluding hydrogens is 927 g/mol. The molecule has 2 rings (SSSR count). The first-order valence-corrected chi connectivity index (χ1v) is 25.5. The first kappa shape index (κ1) is 64.1. The van der Waals surface area contributed by atoms with Crippen molar-refractivity contribution in [3.63, 3.8) is 0 Å². The van der Waals surface area contributed by atoms with Crippen LogP contribution < -0.4 is 37.2 Å². The maximum Gasteiger partial charge on any atom is 0.326 e. The van der Waals surface area contributed by atoms with Crippen molar-refractivity contribution in [2.75, 3.05) is 13.1 Å². The third-order valence-electron chi connectivity index (χ3n) is 11.9. The lowest BCUT2D eigenvalue weighted by atomic mass is 9.90. The van der Waals surface area contributed by atoms with Crippen molar-refractivity contribution < 1.29 is 58.5 Å². The minimum absolute atomic E-state index is 0.00744. The van der Waals surface area contributed by atoms with Gasteiger partial charge in [0.15, 0.2) is 11.6 Å². The van der Waals surface area contributed by atoms with Gasteiger partial charge in [-0.05, 0) is 63.7 Å². The Morgan fingerprint density at radius 3 is 1.96 bits per heavy atom. The summed E-state index contributed by atoms with van der Waals surface area (Å²) in [6.07, 6.45) is 21.1. The number of hydrogen-bond donors (Lipinski definition) is 10. The van der Waals surface area contributed by atoms with Gasteiger partial charge in [0.05, 0.1) is 24.2 Å². The second-order valence-electron chi connectivity index (χ2n) is 19.5. The van der Waals surface area contributed by atoms with Crippen LogP contribution in [0.5, 0.6) is 0 Å². The molecule has 0 aliphatic carbocycles. The summed E-state index contributed by atoms with van der Waals surface area (Å²) in [5.41, 5.74) is 0. The minimum atomic E-state index is -1.19. The average Bonchev–Trinajstić information content (AvgIpc) is 3.29. The highest BCUT2D eigenvalue weighted by molar-refractivity contribution is 5.96. The van der Waals surface area contributed by atoms with E-state index in [1.807, 2.05) is 19.9 Å². The number of carboxylic acid groups (broad SMARTS) is 1. The fourth-order valence-electron chi connectivity index (χ4n) is 7.54. The summed E-state index contributed by atoms with van der Waals surface area (Å²) in [6.45, 7) is 16.6. The Balaban J connectivity index is 0.000000721. The zero-order chi connectivity index (χ0) is 54.3. The zero-order valence-corrected chi connectivity index (χ0v) is 43.9. The van der Waals surface area contributed by atoms with Gasteiger partial charge in [0.1, 0.15) is 12.1 Å². The Morgan fingerprint density at radius 1 is 0.736 bits per heavy atom. The van der Waals surface area contributed by atoms with E-state index in [0.29, 0.717) is 13.0 Å². The summed E-state index contributed by atoms with van der Waals surface area (Å²) in [6, 6.07) is -4.80. The molecule has 0 aromatic heterocycles. The number of amides is 7. The number of Topliss-reactive ketones (excluding diaryl/α,β-unsaturated/α-hetero) is 2. The number of carbonyl (C=O) groups excluding carboxylic acids is 8. The van der Waals surface area contributed by atoms with Crippen LogP contribution in [0.25, 0.3) is 0 Å². The van der Waals surface area contributed by atoms with E-state index in [-0.39, 0.29) is 73.5 Å². The lowest BCUT2D eigenvalue weighted by Crippen LogP contribution is -2.54. The number of urea groups is 1. The van der Waals surface area contributed by atoms with Gasteiger partial charge in [0.2, 0.25) is 29.5 Å². The molecule has 0 spiro atoms. The van der Waals surface area contributed by atoms with Gasteiger partial charge in [-0.2, -0.15) is 0 Å². The number of carbonyl (C=O) groups is 9. The molecule has 7 amide bonds. The van der Waals surface area contributed by atoms with Gasteiger partial charge in [0.25, 0.3) is 0 Å². The van der Waals surface area contributed by atoms with Gasteiger partial charge in [-0.25, -0.2) is 9.59 Å². The van der Waals surface area contributed by atoms with Crippen molar-refractivity contribution in [2.24, 2.45) is 29.6 Å². The fraction of sp³-hybridized carbons (Fsp3) is 0.642. The molecule has 19 nitrogen and oxygen atoms in total. The highest BCUT2D eigenvalue weighted by Gasteiger charge is 2.33. The molecular formula is C53H85N7O12. The van der Waals surface area contributed by atoms with Gasteiger partial charge in [-0.1, -0.05) is 117 Å². The monoisotopic (exact) mass is 1010 g/mol. The first-order chi connectivity index (χ1) is 34.0. The lowest BCUT2D eigenvalue weighted by Gasteiger charge is -2.26. The van der Waals surface area contributed by atoms with Crippen LogP contribution in [0, 0.1) is 29.6 Å². The van der Waals surface area contributed by atoms with Crippen LogP contribution in [0.1, 0.15) is 133 Å². The maximum absolute atomic E-state index is 13.2. The van der Waals surface area contributed by atoms with E-state index < -0.39 is 83.9 Å². The quantitative estimate of drug-likeness (QED) is 0.0319. The predicted octanol–water partition coefficient (Wildman–Crippen LogP) is 4.00. The number of aliphatic carboxylic acids is 1. The average molecular weight is 1010 g/mol. The summed E-state index contributed by atoms with van der Waals surface area (Å²) < 4.78 is 0. The van der Waals surface area contributed by atoms with Gasteiger partial charge in [-0.15, -0.1) is 0 Å². The predicted molar refractivity (Wildman–Crippen MR) is 276 cm³/mol. The SMILES string of the molecule is CC(C)[C@H](NC(=O)N[C@H](C(=O)C[C@H]1/C=C/CCNC(=O)/C=C/[C@H](C(C)C)NC1=O)C(C)C)C(=O)O.CCCCCCC/C=C/C=C/C(=O)N[C@H](C(=O)C[C@H]1C[C@@H](O)CCNC(=O)/C=C/[C@H](C)NC1=O)[C@@H](C)O. The number of ketones is 2. The first-order valence-electron chi connectivity index (χ1n) is 25.5. The fourth-order valence-corrected chi connectivity index (χ4v) is 7.54. The number of unbranched alkanes of at least 4 members (excludes halogenated alkanes) is 5. The summed E-state index contributed by atoms with van der Waals surface area (Å²) >= 11 is 0. The van der Waals surface area contributed by atoms with E-state index >= 15 is 0 Å². The third-order valence-corrected chi connectivity index (χ3v) is 11.9. The molecule has 9 atom stereocenters. The van der Waals surface area contributed by atoms with E-state index in [0.717, 1.165) is 12.8 Å². The van der Waals surface area contributed by atoms with Gasteiger partial charge < -0.3 is 52.5 Å². The Bertz CT molecular complexity index is 1920. The Morgan fingerprint density at radius 2 is 1.35 bits per heavy atom.